The normalized spacial score (nSPS) is 11.5. The maximum absolute atomic E-state index is 14.3. The molecule has 1 heterocycles. The number of carbonyl (C=O) groups is 1. The number of hydrogen-bond acceptors (Lipinski definition) is 3. The van der Waals surface area contributed by atoms with Crippen LogP contribution >= 0.6 is 0 Å². The molecular weight excluding hydrogens is 417 g/mol. The van der Waals surface area contributed by atoms with Gasteiger partial charge in [0.25, 0.3) is 5.91 Å². The van der Waals surface area contributed by atoms with Crippen molar-refractivity contribution in [3.05, 3.63) is 102 Å². The van der Waals surface area contributed by atoms with E-state index < -0.39 is 10.0 Å². The molecule has 3 aromatic carbocycles. The molecule has 0 saturated carbocycles. The van der Waals surface area contributed by atoms with Gasteiger partial charge in [-0.3, -0.25) is 4.79 Å². The molecule has 8 heteroatoms. The van der Waals surface area contributed by atoms with Crippen LogP contribution in [0.4, 0.5) is 10.1 Å². The molecule has 0 radical (unpaired) electrons. The molecule has 1 amide bonds. The van der Waals surface area contributed by atoms with E-state index in [1.165, 1.54) is 6.07 Å². The molecule has 0 atom stereocenters. The zero-order chi connectivity index (χ0) is 22.0. The first kappa shape index (κ1) is 20.8. The fraction of sp³-hybridized carbons (Fsp3) is 0.0870. The monoisotopic (exact) mass is 437 g/mol. The van der Waals surface area contributed by atoms with Crippen LogP contribution in [-0.4, -0.2) is 18.9 Å². The lowest BCUT2D eigenvalue weighted by molar-refractivity contribution is 0.101. The van der Waals surface area contributed by atoms with E-state index in [1.807, 2.05) is 24.3 Å². The molecule has 0 aliphatic heterocycles. The Morgan fingerprint density at radius 3 is 2.35 bits per heavy atom. The van der Waals surface area contributed by atoms with Crippen molar-refractivity contribution in [3.8, 4) is 0 Å². The number of para-hydroxylation sites is 1. The molecule has 0 bridgehead atoms. The molecule has 1 aromatic heterocycles. The Hall–Kier alpha value is -3.49. The summed E-state index contributed by atoms with van der Waals surface area (Å²) in [6, 6.07) is 22.2. The molecule has 158 valence electrons. The van der Waals surface area contributed by atoms with E-state index >= 15 is 0 Å². The van der Waals surface area contributed by atoms with Crippen molar-refractivity contribution in [2.75, 3.05) is 5.32 Å². The lowest BCUT2D eigenvalue weighted by Crippen LogP contribution is -2.18. The highest BCUT2D eigenvalue weighted by molar-refractivity contribution is 7.88. The highest BCUT2D eigenvalue weighted by atomic mass is 32.2. The Morgan fingerprint density at radius 1 is 0.968 bits per heavy atom. The minimum absolute atomic E-state index is 0.205. The number of anilines is 1. The standard InChI is InChI=1S/C23H20FN3O3S/c24-20-7-3-1-6-18(20)14-27-21-8-4-2-5-17(21)13-22(27)23(28)26-19-11-9-16(10-12-19)15-31(25,29)30/h1-13H,14-15H2,(H,26,28)(H2,25,29,30). The maximum Gasteiger partial charge on any atom is 0.272 e. The van der Waals surface area contributed by atoms with E-state index in [4.69, 9.17) is 5.14 Å². The van der Waals surface area contributed by atoms with Gasteiger partial charge in [-0.25, -0.2) is 17.9 Å². The van der Waals surface area contributed by atoms with Gasteiger partial charge in [0.1, 0.15) is 11.5 Å². The van der Waals surface area contributed by atoms with Gasteiger partial charge in [-0.2, -0.15) is 0 Å². The van der Waals surface area contributed by atoms with Crippen LogP contribution in [-0.2, 0) is 22.3 Å². The third kappa shape index (κ3) is 4.82. The summed E-state index contributed by atoms with van der Waals surface area (Å²) >= 11 is 0. The van der Waals surface area contributed by atoms with Gasteiger partial charge < -0.3 is 9.88 Å². The SMILES string of the molecule is NS(=O)(=O)Cc1ccc(NC(=O)c2cc3ccccc3n2Cc2ccccc2F)cc1. The summed E-state index contributed by atoms with van der Waals surface area (Å²) in [5, 5.41) is 8.75. The van der Waals surface area contributed by atoms with Crippen LogP contribution in [0.25, 0.3) is 10.9 Å². The van der Waals surface area contributed by atoms with E-state index in [0.29, 0.717) is 22.5 Å². The van der Waals surface area contributed by atoms with Crippen LogP contribution < -0.4 is 10.5 Å². The van der Waals surface area contributed by atoms with Crippen LogP contribution in [0.15, 0.2) is 78.9 Å². The van der Waals surface area contributed by atoms with Crippen LogP contribution in [0.5, 0.6) is 0 Å². The van der Waals surface area contributed by atoms with Crippen molar-refractivity contribution in [3.63, 3.8) is 0 Å². The van der Waals surface area contributed by atoms with Gasteiger partial charge in [-0.15, -0.1) is 0 Å². The number of nitrogens with one attached hydrogen (secondary N) is 1. The van der Waals surface area contributed by atoms with Crippen molar-refractivity contribution in [1.82, 2.24) is 4.57 Å². The fourth-order valence-corrected chi connectivity index (χ4v) is 4.13. The first-order valence-corrected chi connectivity index (χ1v) is 11.2. The Morgan fingerprint density at radius 2 is 1.65 bits per heavy atom. The zero-order valence-corrected chi connectivity index (χ0v) is 17.3. The van der Waals surface area contributed by atoms with E-state index in [-0.39, 0.29) is 24.0 Å². The van der Waals surface area contributed by atoms with Gasteiger partial charge in [0.05, 0.1) is 12.3 Å². The van der Waals surface area contributed by atoms with Crippen LogP contribution in [0.3, 0.4) is 0 Å². The lowest BCUT2D eigenvalue weighted by Gasteiger charge is -2.12. The Labute approximate surface area is 179 Å². The average Bonchev–Trinajstić information content (AvgIpc) is 3.09. The van der Waals surface area contributed by atoms with Crippen LogP contribution in [0.2, 0.25) is 0 Å². The summed E-state index contributed by atoms with van der Waals surface area (Å²) in [6.07, 6.45) is 0. The number of hydrogen-bond donors (Lipinski definition) is 2. The molecule has 31 heavy (non-hydrogen) atoms. The van der Waals surface area contributed by atoms with Crippen molar-refractivity contribution in [1.29, 1.82) is 0 Å². The minimum Gasteiger partial charge on any atom is -0.332 e. The van der Waals surface area contributed by atoms with Crippen molar-refractivity contribution < 1.29 is 17.6 Å². The minimum atomic E-state index is -3.63. The second-order valence-electron chi connectivity index (χ2n) is 7.22. The molecule has 4 rings (SSSR count). The number of nitrogens with two attached hydrogens (primary N) is 1. The van der Waals surface area contributed by atoms with Crippen molar-refractivity contribution in [2.45, 2.75) is 12.3 Å². The number of primary sulfonamides is 1. The quantitative estimate of drug-likeness (QED) is 0.479. The Bertz CT molecular complexity index is 1360. The molecule has 0 spiro atoms. The Balaban J connectivity index is 1.64. The van der Waals surface area contributed by atoms with E-state index in [1.54, 1.807) is 53.1 Å². The predicted molar refractivity (Wildman–Crippen MR) is 119 cm³/mol. The number of sulfonamides is 1. The third-order valence-corrected chi connectivity index (χ3v) is 5.64. The van der Waals surface area contributed by atoms with Crippen molar-refractivity contribution >= 4 is 32.5 Å². The Kier molecular flexibility index (Phi) is 5.58. The van der Waals surface area contributed by atoms with Crippen LogP contribution in [0, 0.1) is 5.82 Å². The van der Waals surface area contributed by atoms with E-state index in [0.717, 1.165) is 10.9 Å². The maximum atomic E-state index is 14.3. The van der Waals surface area contributed by atoms with Gasteiger partial charge in [-0.1, -0.05) is 48.5 Å². The largest absolute Gasteiger partial charge is 0.332 e. The number of benzene rings is 3. The number of rotatable bonds is 6. The summed E-state index contributed by atoms with van der Waals surface area (Å²) in [7, 11) is -3.63. The number of fused-ring (bicyclic) bond motifs is 1. The van der Waals surface area contributed by atoms with Gasteiger partial charge in [0, 0.05) is 22.2 Å². The number of nitrogens with zero attached hydrogens (tertiary/aromatic N) is 1. The summed E-state index contributed by atoms with van der Waals surface area (Å²) < 4.78 is 38.5. The fourth-order valence-electron chi connectivity index (χ4n) is 3.48. The highest BCUT2D eigenvalue weighted by Crippen LogP contribution is 2.23. The van der Waals surface area contributed by atoms with E-state index in [2.05, 4.69) is 5.32 Å². The van der Waals surface area contributed by atoms with Gasteiger partial charge in [-0.05, 0) is 35.9 Å². The second-order valence-corrected chi connectivity index (χ2v) is 8.84. The van der Waals surface area contributed by atoms with Crippen LogP contribution in [0.1, 0.15) is 21.6 Å². The van der Waals surface area contributed by atoms with Gasteiger partial charge >= 0.3 is 0 Å². The number of aromatic nitrogens is 1. The lowest BCUT2D eigenvalue weighted by atomic mass is 10.2. The number of amides is 1. The highest BCUT2D eigenvalue weighted by Gasteiger charge is 2.17. The number of halogens is 1. The molecule has 4 aromatic rings. The third-order valence-electron chi connectivity index (χ3n) is 4.91. The molecule has 0 unspecified atom stereocenters. The summed E-state index contributed by atoms with van der Waals surface area (Å²) in [4.78, 5) is 13.1. The molecule has 0 aliphatic rings. The van der Waals surface area contributed by atoms with Crippen molar-refractivity contribution in [2.24, 2.45) is 5.14 Å². The summed E-state index contributed by atoms with van der Waals surface area (Å²) in [6.45, 7) is 0.205. The number of carbonyl (C=O) groups excluding carboxylic acids is 1. The molecule has 6 nitrogen and oxygen atoms in total. The molecular formula is C23H20FN3O3S. The van der Waals surface area contributed by atoms with Gasteiger partial charge in [0.15, 0.2) is 0 Å². The molecule has 3 N–H and O–H groups in total. The average molecular weight is 437 g/mol. The topological polar surface area (TPSA) is 94.2 Å². The second kappa shape index (κ2) is 8.33. The first-order chi connectivity index (χ1) is 14.8. The first-order valence-electron chi connectivity index (χ1n) is 9.52. The zero-order valence-electron chi connectivity index (χ0n) is 16.5. The summed E-state index contributed by atoms with van der Waals surface area (Å²) in [5.41, 5.74) is 2.71. The predicted octanol–water partition coefficient (Wildman–Crippen LogP) is 3.87. The van der Waals surface area contributed by atoms with Gasteiger partial charge in [0.2, 0.25) is 10.0 Å². The smallest absolute Gasteiger partial charge is 0.272 e. The molecule has 0 aliphatic carbocycles. The van der Waals surface area contributed by atoms with E-state index in [9.17, 15) is 17.6 Å². The molecule has 0 saturated heterocycles. The summed E-state index contributed by atoms with van der Waals surface area (Å²) in [5.74, 6) is -0.971. The molecule has 0 fully saturated rings.